The number of benzene rings is 1. The summed E-state index contributed by atoms with van der Waals surface area (Å²) in [5.41, 5.74) is 2.72. The molecule has 0 radical (unpaired) electrons. The highest BCUT2D eigenvalue weighted by molar-refractivity contribution is 6.33. The number of carbonyl (C=O) groups is 1. The van der Waals surface area contributed by atoms with Crippen LogP contribution in [0.1, 0.15) is 23.0 Å². The highest BCUT2D eigenvalue weighted by atomic mass is 35.5. The Hall–Kier alpha value is -1.81. The van der Waals surface area contributed by atoms with Crippen molar-refractivity contribution in [3.8, 4) is 11.1 Å². The first-order valence-corrected chi connectivity index (χ1v) is 5.98. The molecule has 4 nitrogen and oxygen atoms in total. The summed E-state index contributed by atoms with van der Waals surface area (Å²) in [7, 11) is 0. The van der Waals surface area contributed by atoms with Gasteiger partial charge in [0.1, 0.15) is 0 Å². The first-order valence-electron chi connectivity index (χ1n) is 5.60. The highest BCUT2D eigenvalue weighted by Gasteiger charge is 2.13. The van der Waals surface area contributed by atoms with Crippen molar-refractivity contribution in [3.05, 3.63) is 40.7 Å². The molecule has 5 heteroatoms. The molecule has 0 fully saturated rings. The number of hydrogen-bond donors (Lipinski definition) is 1. The van der Waals surface area contributed by atoms with Crippen LogP contribution >= 0.6 is 11.6 Å². The lowest BCUT2D eigenvalue weighted by atomic mass is 10.0. The summed E-state index contributed by atoms with van der Waals surface area (Å²) in [4.78, 5) is 11.0. The third kappa shape index (κ3) is 2.24. The van der Waals surface area contributed by atoms with E-state index in [0.29, 0.717) is 0 Å². The van der Waals surface area contributed by atoms with E-state index < -0.39 is 5.97 Å². The van der Waals surface area contributed by atoms with Crippen LogP contribution in [0.4, 0.5) is 0 Å². The second-order valence-corrected chi connectivity index (χ2v) is 4.39. The molecule has 0 unspecified atom stereocenters. The van der Waals surface area contributed by atoms with Gasteiger partial charge in [-0.2, -0.15) is 5.10 Å². The summed E-state index contributed by atoms with van der Waals surface area (Å²) in [5.74, 6) is -1.03. The van der Waals surface area contributed by atoms with Gasteiger partial charge in [-0.3, -0.25) is 4.68 Å². The van der Waals surface area contributed by atoms with Crippen LogP contribution in [0.25, 0.3) is 11.1 Å². The van der Waals surface area contributed by atoms with Crippen molar-refractivity contribution in [3.63, 3.8) is 0 Å². The summed E-state index contributed by atoms with van der Waals surface area (Å²) in [6.45, 7) is 4.68. The fourth-order valence-corrected chi connectivity index (χ4v) is 2.02. The van der Waals surface area contributed by atoms with Crippen molar-refractivity contribution >= 4 is 17.6 Å². The number of aromatic nitrogens is 2. The number of hydrogen-bond acceptors (Lipinski definition) is 2. The number of aryl methyl sites for hydroxylation is 2. The molecular formula is C13H13ClN2O2. The van der Waals surface area contributed by atoms with E-state index in [1.807, 2.05) is 24.7 Å². The van der Waals surface area contributed by atoms with Gasteiger partial charge < -0.3 is 5.11 Å². The van der Waals surface area contributed by atoms with Crippen LogP contribution < -0.4 is 0 Å². The predicted molar refractivity (Wildman–Crippen MR) is 70.0 cm³/mol. The standard InChI is InChI=1S/C13H13ClN2O2/c1-3-16-7-11(8(2)15-16)9-4-5-12(14)10(6-9)13(17)18/h4-7H,3H2,1-2H3,(H,17,18). The molecule has 1 heterocycles. The second kappa shape index (κ2) is 4.82. The van der Waals surface area contributed by atoms with Gasteiger partial charge in [-0.05, 0) is 31.5 Å². The molecule has 1 N–H and O–H groups in total. The molecule has 0 aliphatic carbocycles. The van der Waals surface area contributed by atoms with Crippen molar-refractivity contribution in [2.75, 3.05) is 0 Å². The quantitative estimate of drug-likeness (QED) is 0.926. The maximum absolute atomic E-state index is 11.0. The lowest BCUT2D eigenvalue weighted by molar-refractivity contribution is 0.0697. The van der Waals surface area contributed by atoms with Gasteiger partial charge in [0.15, 0.2) is 0 Å². The molecule has 2 rings (SSSR count). The van der Waals surface area contributed by atoms with Gasteiger partial charge in [0.2, 0.25) is 0 Å². The van der Waals surface area contributed by atoms with Crippen molar-refractivity contribution in [1.29, 1.82) is 0 Å². The van der Waals surface area contributed by atoms with E-state index in [2.05, 4.69) is 5.10 Å². The van der Waals surface area contributed by atoms with E-state index in [4.69, 9.17) is 16.7 Å². The van der Waals surface area contributed by atoms with E-state index in [0.717, 1.165) is 23.4 Å². The number of rotatable bonds is 3. The van der Waals surface area contributed by atoms with Crippen LogP contribution in [-0.4, -0.2) is 20.9 Å². The van der Waals surface area contributed by atoms with Gasteiger partial charge in [0, 0.05) is 18.3 Å². The van der Waals surface area contributed by atoms with Crippen LogP contribution in [0.15, 0.2) is 24.4 Å². The number of carboxylic acid groups (broad SMARTS) is 1. The van der Waals surface area contributed by atoms with E-state index in [1.165, 1.54) is 0 Å². The van der Waals surface area contributed by atoms with Crippen molar-refractivity contribution in [2.45, 2.75) is 20.4 Å². The minimum Gasteiger partial charge on any atom is -0.478 e. The highest BCUT2D eigenvalue weighted by Crippen LogP contribution is 2.27. The third-order valence-electron chi connectivity index (χ3n) is 2.78. The molecule has 0 amide bonds. The smallest absolute Gasteiger partial charge is 0.337 e. The molecule has 1 aromatic carbocycles. The third-order valence-corrected chi connectivity index (χ3v) is 3.11. The molecule has 94 valence electrons. The Morgan fingerprint density at radius 2 is 2.22 bits per heavy atom. The zero-order valence-corrected chi connectivity index (χ0v) is 10.9. The Morgan fingerprint density at radius 1 is 1.50 bits per heavy atom. The summed E-state index contributed by atoms with van der Waals surface area (Å²) >= 11 is 5.85. The Balaban J connectivity index is 2.53. The average Bonchev–Trinajstić information content (AvgIpc) is 2.71. The fourth-order valence-electron chi connectivity index (χ4n) is 1.82. The second-order valence-electron chi connectivity index (χ2n) is 3.98. The molecule has 0 atom stereocenters. The minimum atomic E-state index is -1.03. The minimum absolute atomic E-state index is 0.109. The van der Waals surface area contributed by atoms with Crippen LogP contribution in [0.2, 0.25) is 5.02 Å². The summed E-state index contributed by atoms with van der Waals surface area (Å²) in [6, 6.07) is 4.98. The van der Waals surface area contributed by atoms with Gasteiger partial charge in [-0.1, -0.05) is 17.7 Å². The number of halogens is 1. The van der Waals surface area contributed by atoms with E-state index >= 15 is 0 Å². The van der Waals surface area contributed by atoms with Crippen molar-refractivity contribution in [2.24, 2.45) is 0 Å². The van der Waals surface area contributed by atoms with Crippen molar-refractivity contribution < 1.29 is 9.90 Å². The molecule has 0 saturated heterocycles. The molecule has 2 aromatic rings. The largest absolute Gasteiger partial charge is 0.478 e. The average molecular weight is 265 g/mol. The van der Waals surface area contributed by atoms with E-state index in [1.54, 1.807) is 18.2 Å². The Kier molecular flexibility index (Phi) is 3.39. The summed E-state index contributed by atoms with van der Waals surface area (Å²) in [6.07, 6.45) is 1.91. The lowest BCUT2D eigenvalue weighted by Crippen LogP contribution is -1.97. The molecule has 1 aromatic heterocycles. The summed E-state index contributed by atoms with van der Waals surface area (Å²) < 4.78 is 1.82. The predicted octanol–water partition coefficient (Wildman–Crippen LogP) is 3.23. The van der Waals surface area contributed by atoms with Crippen LogP contribution in [-0.2, 0) is 6.54 Å². The Labute approximate surface area is 110 Å². The molecule has 0 aliphatic rings. The van der Waals surface area contributed by atoms with Gasteiger partial charge >= 0.3 is 5.97 Å². The fraction of sp³-hybridized carbons (Fsp3) is 0.231. The van der Waals surface area contributed by atoms with E-state index in [9.17, 15) is 4.79 Å². The molecule has 0 spiro atoms. The van der Waals surface area contributed by atoms with Crippen molar-refractivity contribution in [1.82, 2.24) is 9.78 Å². The number of aromatic carboxylic acids is 1. The van der Waals surface area contributed by atoms with Gasteiger partial charge in [-0.25, -0.2) is 4.79 Å². The lowest BCUT2D eigenvalue weighted by Gasteiger charge is -2.03. The molecule has 18 heavy (non-hydrogen) atoms. The first-order chi connectivity index (χ1) is 8.52. The van der Waals surface area contributed by atoms with Crippen LogP contribution in [0.5, 0.6) is 0 Å². The monoisotopic (exact) mass is 264 g/mol. The molecular weight excluding hydrogens is 252 g/mol. The summed E-state index contributed by atoms with van der Waals surface area (Å²) in [5, 5.41) is 13.6. The first kappa shape index (κ1) is 12.6. The topological polar surface area (TPSA) is 55.1 Å². The van der Waals surface area contributed by atoms with Gasteiger partial charge in [0.25, 0.3) is 0 Å². The zero-order valence-electron chi connectivity index (χ0n) is 10.1. The van der Waals surface area contributed by atoms with Gasteiger partial charge in [0.05, 0.1) is 16.3 Å². The van der Waals surface area contributed by atoms with Gasteiger partial charge in [-0.15, -0.1) is 0 Å². The van der Waals surface area contributed by atoms with E-state index in [-0.39, 0.29) is 10.6 Å². The van der Waals surface area contributed by atoms with Crippen LogP contribution in [0, 0.1) is 6.92 Å². The number of carboxylic acids is 1. The molecule has 0 bridgehead atoms. The zero-order chi connectivity index (χ0) is 13.3. The Bertz CT molecular complexity index is 605. The molecule has 0 aliphatic heterocycles. The maximum Gasteiger partial charge on any atom is 0.337 e. The SMILES string of the molecule is CCn1cc(-c2ccc(Cl)c(C(=O)O)c2)c(C)n1. The van der Waals surface area contributed by atoms with Crippen LogP contribution in [0.3, 0.4) is 0 Å². The normalized spacial score (nSPS) is 10.6. The molecule has 0 saturated carbocycles. The Morgan fingerprint density at radius 3 is 2.78 bits per heavy atom. The number of nitrogens with zero attached hydrogens (tertiary/aromatic N) is 2. The maximum atomic E-state index is 11.0.